The minimum atomic E-state index is -0.784. The van der Waals surface area contributed by atoms with Crippen molar-refractivity contribution in [3.05, 3.63) is 0 Å². The lowest BCUT2D eigenvalue weighted by Gasteiger charge is -2.38. The van der Waals surface area contributed by atoms with Crippen molar-refractivity contribution >= 4 is 11.9 Å². The van der Waals surface area contributed by atoms with E-state index in [1.54, 1.807) is 4.90 Å². The summed E-state index contributed by atoms with van der Waals surface area (Å²) in [6.45, 7) is 9.11. The summed E-state index contributed by atoms with van der Waals surface area (Å²) in [5.74, 6) is -0.793. The molecular weight excluding hydrogens is 246 g/mol. The molecule has 6 heteroatoms. The second-order valence-electron chi connectivity index (χ2n) is 6.15. The zero-order chi connectivity index (χ0) is 14.6. The fourth-order valence-electron chi connectivity index (χ4n) is 2.01. The van der Waals surface area contributed by atoms with Crippen LogP contribution < -0.4 is 5.73 Å². The van der Waals surface area contributed by atoms with Crippen molar-refractivity contribution in [1.29, 1.82) is 0 Å². The van der Waals surface area contributed by atoms with Gasteiger partial charge in [-0.2, -0.15) is 0 Å². The van der Waals surface area contributed by atoms with Crippen molar-refractivity contribution in [3.63, 3.8) is 0 Å². The number of amides is 1. The Morgan fingerprint density at radius 2 is 1.74 bits per heavy atom. The first-order valence-electron chi connectivity index (χ1n) is 6.70. The predicted molar refractivity (Wildman–Crippen MR) is 72.7 cm³/mol. The molecule has 0 bridgehead atoms. The van der Waals surface area contributed by atoms with E-state index in [0.717, 1.165) is 13.1 Å². The van der Waals surface area contributed by atoms with Gasteiger partial charge in [0, 0.05) is 32.7 Å². The number of rotatable bonds is 4. The number of nitrogens with zero attached hydrogens (tertiary/aromatic N) is 2. The molecule has 0 unspecified atom stereocenters. The predicted octanol–water partition coefficient (Wildman–Crippen LogP) is -0.0213. The molecule has 19 heavy (non-hydrogen) atoms. The van der Waals surface area contributed by atoms with Gasteiger partial charge in [0.15, 0.2) is 0 Å². The summed E-state index contributed by atoms with van der Waals surface area (Å²) in [4.78, 5) is 26.6. The molecule has 110 valence electrons. The number of piperazine rings is 1. The summed E-state index contributed by atoms with van der Waals surface area (Å²) >= 11 is 0. The number of hydrogen-bond acceptors (Lipinski definition) is 4. The van der Waals surface area contributed by atoms with Gasteiger partial charge >= 0.3 is 5.97 Å². The van der Waals surface area contributed by atoms with Gasteiger partial charge in [-0.25, -0.2) is 0 Å². The Morgan fingerprint density at radius 3 is 2.16 bits per heavy atom. The van der Waals surface area contributed by atoms with Crippen LogP contribution in [0.5, 0.6) is 0 Å². The zero-order valence-corrected chi connectivity index (χ0v) is 12.1. The van der Waals surface area contributed by atoms with E-state index in [1.165, 1.54) is 0 Å². The van der Waals surface area contributed by atoms with Gasteiger partial charge in [0.05, 0.1) is 12.5 Å². The Balaban J connectivity index is 2.41. The van der Waals surface area contributed by atoms with E-state index in [0.29, 0.717) is 19.6 Å². The summed E-state index contributed by atoms with van der Waals surface area (Å²) in [5.41, 5.74) is 5.74. The molecule has 1 heterocycles. The number of carboxylic acid groups (broad SMARTS) is 1. The molecule has 1 aliphatic rings. The van der Waals surface area contributed by atoms with Gasteiger partial charge in [-0.15, -0.1) is 0 Å². The molecule has 1 saturated heterocycles. The van der Waals surface area contributed by atoms with Crippen LogP contribution in [0.4, 0.5) is 0 Å². The summed E-state index contributed by atoms with van der Waals surface area (Å²) in [7, 11) is 0. The van der Waals surface area contributed by atoms with Crippen LogP contribution >= 0.6 is 0 Å². The minimum Gasteiger partial charge on any atom is -0.481 e. The molecule has 0 aromatic rings. The van der Waals surface area contributed by atoms with Crippen LogP contribution in [0, 0.1) is 5.41 Å². The zero-order valence-electron chi connectivity index (χ0n) is 12.1. The minimum absolute atomic E-state index is 0.00890. The lowest BCUT2D eigenvalue weighted by atomic mass is 9.86. The third kappa shape index (κ3) is 4.80. The lowest BCUT2D eigenvalue weighted by Crippen LogP contribution is -2.56. The van der Waals surface area contributed by atoms with E-state index in [1.807, 2.05) is 20.8 Å². The van der Waals surface area contributed by atoms with Gasteiger partial charge in [0.25, 0.3) is 0 Å². The summed E-state index contributed by atoms with van der Waals surface area (Å²) in [5, 5.41) is 8.64. The quantitative estimate of drug-likeness (QED) is 0.750. The average Bonchev–Trinajstić information content (AvgIpc) is 2.34. The molecule has 0 saturated carbocycles. The Bertz CT molecular complexity index is 331. The van der Waals surface area contributed by atoms with Gasteiger partial charge in [-0.05, 0) is 5.41 Å². The SMILES string of the molecule is CC(C)(C)[C@@H](N)C(=O)N1CCN(CCC(=O)O)CC1. The van der Waals surface area contributed by atoms with Crippen LogP contribution in [0.25, 0.3) is 0 Å². The Kier molecular flexibility index (Phi) is 5.31. The van der Waals surface area contributed by atoms with Gasteiger partial charge in [-0.3, -0.25) is 14.5 Å². The van der Waals surface area contributed by atoms with Crippen LogP contribution in [0.1, 0.15) is 27.2 Å². The first-order chi connectivity index (χ1) is 8.71. The van der Waals surface area contributed by atoms with Crippen LogP contribution in [0.15, 0.2) is 0 Å². The second kappa shape index (κ2) is 6.34. The molecule has 1 aliphatic heterocycles. The fraction of sp³-hybridized carbons (Fsp3) is 0.846. The molecule has 6 nitrogen and oxygen atoms in total. The highest BCUT2D eigenvalue weighted by Crippen LogP contribution is 2.19. The van der Waals surface area contributed by atoms with Gasteiger partial charge in [0.2, 0.25) is 5.91 Å². The third-order valence-electron chi connectivity index (χ3n) is 3.52. The Morgan fingerprint density at radius 1 is 1.21 bits per heavy atom. The summed E-state index contributed by atoms with van der Waals surface area (Å²) < 4.78 is 0. The number of aliphatic carboxylic acids is 1. The Labute approximate surface area is 114 Å². The summed E-state index contributed by atoms with van der Waals surface area (Å²) in [6, 6.07) is -0.488. The maximum Gasteiger partial charge on any atom is 0.304 e. The molecule has 0 aromatic carbocycles. The first-order valence-corrected chi connectivity index (χ1v) is 6.70. The normalized spacial score (nSPS) is 19.3. The van der Waals surface area contributed by atoms with E-state index in [4.69, 9.17) is 10.8 Å². The lowest BCUT2D eigenvalue weighted by molar-refractivity contribution is -0.139. The maximum atomic E-state index is 12.2. The number of carbonyl (C=O) groups is 2. The van der Waals surface area contributed by atoms with Crippen molar-refractivity contribution in [2.45, 2.75) is 33.2 Å². The highest BCUT2D eigenvalue weighted by Gasteiger charge is 2.32. The second-order valence-corrected chi connectivity index (χ2v) is 6.15. The molecule has 0 aromatic heterocycles. The molecule has 0 spiro atoms. The van der Waals surface area contributed by atoms with Crippen LogP contribution in [0.3, 0.4) is 0 Å². The van der Waals surface area contributed by atoms with Crippen molar-refractivity contribution in [2.24, 2.45) is 11.1 Å². The van der Waals surface area contributed by atoms with Crippen LogP contribution in [0.2, 0.25) is 0 Å². The van der Waals surface area contributed by atoms with E-state index < -0.39 is 12.0 Å². The number of nitrogens with two attached hydrogens (primary N) is 1. The van der Waals surface area contributed by atoms with Crippen LogP contribution in [-0.4, -0.2) is 65.5 Å². The molecule has 0 radical (unpaired) electrons. The molecule has 1 fully saturated rings. The average molecular weight is 271 g/mol. The molecular formula is C13H25N3O3. The van der Waals surface area contributed by atoms with Gasteiger partial charge < -0.3 is 15.7 Å². The van der Waals surface area contributed by atoms with E-state index in [-0.39, 0.29) is 17.7 Å². The largest absolute Gasteiger partial charge is 0.481 e. The monoisotopic (exact) mass is 271 g/mol. The van der Waals surface area contributed by atoms with Crippen molar-refractivity contribution in [3.8, 4) is 0 Å². The maximum absolute atomic E-state index is 12.2. The topological polar surface area (TPSA) is 86.9 Å². The number of carbonyl (C=O) groups excluding carboxylic acids is 1. The molecule has 1 rings (SSSR count). The molecule has 0 aliphatic carbocycles. The van der Waals surface area contributed by atoms with Crippen molar-refractivity contribution in [2.75, 3.05) is 32.7 Å². The molecule has 1 amide bonds. The fourth-order valence-corrected chi connectivity index (χ4v) is 2.01. The standard InChI is InChI=1S/C13H25N3O3/c1-13(2,3)11(14)12(19)16-8-6-15(7-9-16)5-4-10(17)18/h11H,4-9,14H2,1-3H3,(H,17,18)/t11-/m0/s1. The van der Waals surface area contributed by atoms with E-state index >= 15 is 0 Å². The highest BCUT2D eigenvalue weighted by molar-refractivity contribution is 5.82. The third-order valence-corrected chi connectivity index (χ3v) is 3.52. The van der Waals surface area contributed by atoms with E-state index in [9.17, 15) is 9.59 Å². The van der Waals surface area contributed by atoms with E-state index in [2.05, 4.69) is 4.90 Å². The van der Waals surface area contributed by atoms with Crippen molar-refractivity contribution < 1.29 is 14.7 Å². The summed E-state index contributed by atoms with van der Waals surface area (Å²) in [6.07, 6.45) is 0.148. The smallest absolute Gasteiger partial charge is 0.304 e. The van der Waals surface area contributed by atoms with Gasteiger partial charge in [-0.1, -0.05) is 20.8 Å². The first kappa shape index (κ1) is 15.9. The highest BCUT2D eigenvalue weighted by atomic mass is 16.4. The number of carboxylic acids is 1. The molecule has 3 N–H and O–H groups in total. The van der Waals surface area contributed by atoms with Gasteiger partial charge in [0.1, 0.15) is 0 Å². The Hall–Kier alpha value is -1.14. The number of hydrogen-bond donors (Lipinski definition) is 2. The van der Waals surface area contributed by atoms with Crippen LogP contribution in [-0.2, 0) is 9.59 Å². The van der Waals surface area contributed by atoms with Crippen molar-refractivity contribution in [1.82, 2.24) is 9.80 Å². The molecule has 1 atom stereocenters.